The van der Waals surface area contributed by atoms with Crippen LogP contribution in [0.1, 0.15) is 64.0 Å². The highest BCUT2D eigenvalue weighted by Gasteiger charge is 2.52. The number of likely N-dealkylation sites (N-methyl/N-ethyl adjacent to an activating group) is 1. The summed E-state index contributed by atoms with van der Waals surface area (Å²) in [6, 6.07) is 6.86. The summed E-state index contributed by atoms with van der Waals surface area (Å²) in [4.78, 5) is 30.0. The van der Waals surface area contributed by atoms with Gasteiger partial charge in [0.15, 0.2) is 5.78 Å². The number of halogens is 1. The molecule has 35 heavy (non-hydrogen) atoms. The Morgan fingerprint density at radius 1 is 1.29 bits per heavy atom. The van der Waals surface area contributed by atoms with E-state index in [2.05, 4.69) is 24.1 Å². The van der Waals surface area contributed by atoms with Crippen LogP contribution in [0.4, 0.5) is 9.18 Å². The zero-order chi connectivity index (χ0) is 25.3. The summed E-state index contributed by atoms with van der Waals surface area (Å²) in [5.74, 6) is -1.00. The number of ether oxygens (including phenoxy) is 1. The summed E-state index contributed by atoms with van der Waals surface area (Å²) < 4.78 is 20.5. The Hall–Kier alpha value is -2.72. The van der Waals surface area contributed by atoms with E-state index < -0.39 is 23.7 Å². The molecule has 4 atom stereocenters. The lowest BCUT2D eigenvalue weighted by atomic mass is 9.87. The number of hydrogen-bond donors (Lipinski definition) is 0. The fourth-order valence-electron chi connectivity index (χ4n) is 5.72. The number of carbonyl (C=O) groups is 2. The predicted molar refractivity (Wildman–Crippen MR) is 132 cm³/mol. The molecule has 1 aromatic carbocycles. The van der Waals surface area contributed by atoms with E-state index in [9.17, 15) is 19.2 Å². The van der Waals surface area contributed by atoms with Gasteiger partial charge in [0.05, 0.1) is 18.0 Å². The highest BCUT2D eigenvalue weighted by Crippen LogP contribution is 2.44. The molecule has 6 nitrogen and oxygen atoms in total. The molecule has 1 aliphatic carbocycles. The first-order valence-electron chi connectivity index (χ1n) is 12.7. The number of nitriles is 1. The predicted octanol–water partition coefficient (Wildman–Crippen LogP) is 4.97. The minimum absolute atomic E-state index is 0.00234. The molecule has 1 saturated heterocycles. The monoisotopic (exact) mass is 481 g/mol. The van der Waals surface area contributed by atoms with Crippen molar-refractivity contribution in [1.29, 1.82) is 5.26 Å². The lowest BCUT2D eigenvalue weighted by molar-refractivity contribution is -0.126. The van der Waals surface area contributed by atoms with Gasteiger partial charge < -0.3 is 9.64 Å². The smallest absolute Gasteiger partial charge is 0.411 e. The molecule has 1 amide bonds. The maximum absolute atomic E-state index is 15.0. The lowest BCUT2D eigenvalue weighted by Crippen LogP contribution is -2.51. The maximum Gasteiger partial charge on any atom is 0.411 e. The van der Waals surface area contributed by atoms with Gasteiger partial charge in [-0.2, -0.15) is 5.26 Å². The zero-order valence-electron chi connectivity index (χ0n) is 21.2. The van der Waals surface area contributed by atoms with Crippen LogP contribution in [-0.4, -0.2) is 59.5 Å². The van der Waals surface area contributed by atoms with Crippen molar-refractivity contribution >= 4 is 17.4 Å². The van der Waals surface area contributed by atoms with E-state index in [1.807, 2.05) is 26.8 Å². The summed E-state index contributed by atoms with van der Waals surface area (Å²) in [6.07, 6.45) is 5.30. The Kier molecular flexibility index (Phi) is 7.32. The Bertz CT molecular complexity index is 1050. The molecule has 7 heteroatoms. The highest BCUT2D eigenvalue weighted by molar-refractivity contribution is 5.89. The molecule has 2 heterocycles. The molecule has 2 fully saturated rings. The summed E-state index contributed by atoms with van der Waals surface area (Å²) in [5.41, 5.74) is 1.81. The first-order chi connectivity index (χ1) is 16.6. The van der Waals surface area contributed by atoms with E-state index in [0.29, 0.717) is 5.56 Å². The molecule has 4 rings (SSSR count). The van der Waals surface area contributed by atoms with Gasteiger partial charge in [-0.1, -0.05) is 18.2 Å². The topological polar surface area (TPSA) is 73.6 Å². The third-order valence-corrected chi connectivity index (χ3v) is 7.45. The Morgan fingerprint density at radius 2 is 2.06 bits per heavy atom. The average Bonchev–Trinajstić information content (AvgIpc) is 3.41. The number of amides is 1. The maximum atomic E-state index is 15.0. The van der Waals surface area contributed by atoms with Gasteiger partial charge in [0, 0.05) is 25.6 Å². The van der Waals surface area contributed by atoms with E-state index in [-0.39, 0.29) is 36.4 Å². The van der Waals surface area contributed by atoms with Crippen molar-refractivity contribution in [2.24, 2.45) is 11.8 Å². The largest absolute Gasteiger partial charge is 0.444 e. The molecule has 0 radical (unpaired) electrons. The molecule has 0 spiro atoms. The molecule has 0 unspecified atom stereocenters. The van der Waals surface area contributed by atoms with Crippen LogP contribution in [0.2, 0.25) is 0 Å². The Labute approximate surface area is 207 Å². The van der Waals surface area contributed by atoms with Crippen LogP contribution in [-0.2, 0) is 16.0 Å². The second kappa shape index (κ2) is 10.1. The van der Waals surface area contributed by atoms with Crippen LogP contribution >= 0.6 is 0 Å². The molecular weight excluding hydrogens is 445 g/mol. The van der Waals surface area contributed by atoms with Crippen LogP contribution in [0.15, 0.2) is 24.3 Å². The number of piperidine rings is 1. The normalized spacial score (nSPS) is 25.2. The van der Waals surface area contributed by atoms with E-state index in [4.69, 9.17) is 4.74 Å². The number of rotatable bonds is 6. The van der Waals surface area contributed by atoms with Crippen molar-refractivity contribution in [2.75, 3.05) is 20.1 Å². The fraction of sp³-hybridized carbons (Fsp3) is 0.607. The summed E-state index contributed by atoms with van der Waals surface area (Å²) in [7, 11) is 2.06. The van der Waals surface area contributed by atoms with E-state index in [0.717, 1.165) is 49.9 Å². The molecule has 0 N–H and O–H groups in total. The number of likely N-dealkylation sites (tertiary alicyclic amines) is 1. The van der Waals surface area contributed by atoms with E-state index in [1.165, 1.54) is 0 Å². The van der Waals surface area contributed by atoms with Crippen LogP contribution in [0.5, 0.6) is 0 Å². The SMILES string of the molecule is CN1CC=C(c2ccc(C[C@@H](C#N)CC(=O)[C@@H]3[C@H]4CC[C@H](C4)N3C(=O)OC(C)(C)C)c(F)c2)CC1. The quantitative estimate of drug-likeness (QED) is 0.573. The molecule has 1 aromatic rings. The number of carbonyl (C=O) groups excluding carboxylic acids is 2. The second-order valence-corrected chi connectivity index (χ2v) is 11.3. The van der Waals surface area contributed by atoms with E-state index in [1.54, 1.807) is 17.0 Å². The lowest BCUT2D eigenvalue weighted by Gasteiger charge is -2.35. The van der Waals surface area contributed by atoms with Crippen LogP contribution in [0.25, 0.3) is 5.57 Å². The van der Waals surface area contributed by atoms with Gasteiger partial charge in [0.2, 0.25) is 0 Å². The van der Waals surface area contributed by atoms with Crippen molar-refractivity contribution in [1.82, 2.24) is 9.80 Å². The first-order valence-corrected chi connectivity index (χ1v) is 12.7. The third kappa shape index (κ3) is 5.75. The molecular formula is C28H36FN3O3. The van der Waals surface area contributed by atoms with Crippen molar-refractivity contribution in [3.63, 3.8) is 0 Å². The van der Waals surface area contributed by atoms with E-state index >= 15 is 0 Å². The van der Waals surface area contributed by atoms with Crippen LogP contribution < -0.4 is 0 Å². The second-order valence-electron chi connectivity index (χ2n) is 11.3. The average molecular weight is 482 g/mol. The first kappa shape index (κ1) is 25.4. The summed E-state index contributed by atoms with van der Waals surface area (Å²) >= 11 is 0. The van der Waals surface area contributed by atoms with Crippen molar-refractivity contribution in [2.45, 2.75) is 77.0 Å². The highest BCUT2D eigenvalue weighted by atomic mass is 19.1. The Morgan fingerprint density at radius 3 is 2.69 bits per heavy atom. The van der Waals surface area contributed by atoms with Gasteiger partial charge in [-0.05, 0) is 88.6 Å². The van der Waals surface area contributed by atoms with Crippen molar-refractivity contribution < 1.29 is 18.7 Å². The van der Waals surface area contributed by atoms with Gasteiger partial charge >= 0.3 is 6.09 Å². The van der Waals surface area contributed by atoms with Gasteiger partial charge in [0.25, 0.3) is 0 Å². The van der Waals surface area contributed by atoms with Crippen LogP contribution in [0, 0.1) is 29.0 Å². The minimum Gasteiger partial charge on any atom is -0.444 e. The van der Waals surface area contributed by atoms with Gasteiger partial charge in [-0.3, -0.25) is 9.69 Å². The number of benzene rings is 1. The third-order valence-electron chi connectivity index (χ3n) is 7.45. The molecule has 188 valence electrons. The van der Waals surface area contributed by atoms with Crippen LogP contribution in [0.3, 0.4) is 0 Å². The van der Waals surface area contributed by atoms with Gasteiger partial charge in [0.1, 0.15) is 11.4 Å². The summed E-state index contributed by atoms with van der Waals surface area (Å²) in [6.45, 7) is 7.22. The molecule has 0 aromatic heterocycles. The number of ketones is 1. The summed E-state index contributed by atoms with van der Waals surface area (Å²) in [5, 5.41) is 9.77. The van der Waals surface area contributed by atoms with Crippen molar-refractivity contribution in [3.05, 3.63) is 41.2 Å². The van der Waals surface area contributed by atoms with Gasteiger partial charge in [-0.15, -0.1) is 0 Å². The number of hydrogen-bond acceptors (Lipinski definition) is 5. The zero-order valence-corrected chi connectivity index (χ0v) is 21.2. The molecule has 2 bridgehead atoms. The molecule has 1 saturated carbocycles. The fourth-order valence-corrected chi connectivity index (χ4v) is 5.72. The van der Waals surface area contributed by atoms with Crippen molar-refractivity contribution in [3.8, 4) is 6.07 Å². The Balaban J connectivity index is 1.43. The standard InChI is InChI=1S/C28H36FN3O3/c1-28(2,3)35-27(34)32-23-8-7-22(15-23)26(32)25(33)14-18(17-30)13-21-6-5-20(16-24(21)29)19-9-11-31(4)12-10-19/h5-6,9,16,18,22-23,26H,7-8,10-15H2,1-4H3/t18-,22+,23-,26+/m1/s1. The number of fused-ring (bicyclic) bond motifs is 2. The number of Topliss-reactive ketones (excluding diaryl/α,β-unsaturated/α-hetero) is 1. The minimum atomic E-state index is -0.648. The number of nitrogens with zero attached hydrogens (tertiary/aromatic N) is 3. The molecule has 2 aliphatic heterocycles. The molecule has 3 aliphatic rings. The van der Waals surface area contributed by atoms with Gasteiger partial charge in [-0.25, -0.2) is 9.18 Å².